The molecular formula is C68H48N2O4. The molecule has 0 atom stereocenters. The van der Waals surface area contributed by atoms with Crippen LogP contribution in [0.3, 0.4) is 0 Å². The van der Waals surface area contributed by atoms with E-state index in [-0.39, 0.29) is 0 Å². The van der Waals surface area contributed by atoms with Crippen molar-refractivity contribution >= 4 is 143 Å². The standard InChI is InChI=1S/C68H48N2O4/c1-39(2)41-13-19-46(20-14-41)69(50-25-29-63-57(35-50)53-9-5-7-11-61(53)71-63)48-23-17-43-33-56-60-38-67-59(37-66(60)73-65(56)34-45(43)32-48)55-27-18-44-31-49(24-28-52(44)68(55)74-67)70(47-21-15-42(16-22-47)40(3)4)51-26-30-64-58(36-51)54-10-6-8-12-62(54)72-64/h5-40H,1-4H3. The molecule has 0 aliphatic rings. The number of furan rings is 4. The largest absolute Gasteiger partial charge is 0.456 e. The van der Waals surface area contributed by atoms with Crippen molar-refractivity contribution in [1.82, 2.24) is 0 Å². The second-order valence-corrected chi connectivity index (χ2v) is 20.5. The molecule has 74 heavy (non-hydrogen) atoms. The van der Waals surface area contributed by atoms with E-state index in [1.54, 1.807) is 0 Å². The minimum atomic E-state index is 0.434. The average Bonchev–Trinajstić information content (AvgIpc) is 4.22. The van der Waals surface area contributed by atoms with E-state index >= 15 is 0 Å². The lowest BCUT2D eigenvalue weighted by Gasteiger charge is -2.26. The maximum atomic E-state index is 6.88. The van der Waals surface area contributed by atoms with E-state index in [0.717, 1.165) is 143 Å². The highest BCUT2D eigenvalue weighted by Gasteiger charge is 2.21. The first kappa shape index (κ1) is 42.4. The zero-order valence-electron chi connectivity index (χ0n) is 41.3. The smallest absolute Gasteiger partial charge is 0.143 e. The van der Waals surface area contributed by atoms with Crippen molar-refractivity contribution in [3.8, 4) is 0 Å². The summed E-state index contributed by atoms with van der Waals surface area (Å²) in [6.45, 7) is 8.93. The van der Waals surface area contributed by atoms with Crippen molar-refractivity contribution in [3.05, 3.63) is 217 Å². The Balaban J connectivity index is 0.818. The van der Waals surface area contributed by atoms with Gasteiger partial charge in [0.1, 0.15) is 44.7 Å². The average molecular weight is 957 g/mol. The molecule has 0 saturated carbocycles. The molecule has 11 aromatic carbocycles. The van der Waals surface area contributed by atoms with Gasteiger partial charge in [0.05, 0.1) is 0 Å². The summed E-state index contributed by atoms with van der Waals surface area (Å²) in [5.41, 5.74) is 15.9. The van der Waals surface area contributed by atoms with Crippen molar-refractivity contribution in [1.29, 1.82) is 0 Å². The summed E-state index contributed by atoms with van der Waals surface area (Å²) >= 11 is 0. The Bertz CT molecular complexity index is 4560. The Labute approximate surface area is 425 Å². The number of para-hydroxylation sites is 2. The van der Waals surface area contributed by atoms with E-state index in [4.69, 9.17) is 17.7 Å². The summed E-state index contributed by atoms with van der Waals surface area (Å²) < 4.78 is 26.1. The zero-order chi connectivity index (χ0) is 49.3. The van der Waals surface area contributed by atoms with Crippen LogP contribution in [0.15, 0.2) is 224 Å². The molecule has 15 aromatic rings. The van der Waals surface area contributed by atoms with Crippen molar-refractivity contribution in [2.45, 2.75) is 39.5 Å². The normalized spacial score (nSPS) is 12.3. The van der Waals surface area contributed by atoms with E-state index in [2.05, 4.69) is 219 Å². The summed E-state index contributed by atoms with van der Waals surface area (Å²) in [5, 5.41) is 12.9. The fourth-order valence-corrected chi connectivity index (χ4v) is 11.4. The quantitative estimate of drug-likeness (QED) is 0.151. The molecule has 0 aliphatic heterocycles. The van der Waals surface area contributed by atoms with Crippen LogP contribution in [0, 0.1) is 0 Å². The first-order chi connectivity index (χ1) is 36.3. The molecule has 0 spiro atoms. The Morgan fingerprint density at radius 2 is 0.662 bits per heavy atom. The van der Waals surface area contributed by atoms with Gasteiger partial charge in [-0.2, -0.15) is 0 Å². The molecule has 354 valence electrons. The molecule has 4 heterocycles. The minimum Gasteiger partial charge on any atom is -0.456 e. The van der Waals surface area contributed by atoms with Crippen LogP contribution in [0.1, 0.15) is 50.7 Å². The van der Waals surface area contributed by atoms with Crippen LogP contribution < -0.4 is 9.80 Å². The molecule has 0 fully saturated rings. The molecule has 0 radical (unpaired) electrons. The molecule has 4 aromatic heterocycles. The third kappa shape index (κ3) is 6.64. The molecule has 0 amide bonds. The van der Waals surface area contributed by atoms with Crippen LogP contribution in [-0.2, 0) is 0 Å². The van der Waals surface area contributed by atoms with Gasteiger partial charge in [-0.3, -0.25) is 0 Å². The van der Waals surface area contributed by atoms with Crippen molar-refractivity contribution in [3.63, 3.8) is 0 Å². The van der Waals surface area contributed by atoms with Gasteiger partial charge in [0.2, 0.25) is 0 Å². The Morgan fingerprint density at radius 1 is 0.257 bits per heavy atom. The number of rotatable bonds is 8. The monoisotopic (exact) mass is 956 g/mol. The van der Waals surface area contributed by atoms with Crippen LogP contribution in [0.2, 0.25) is 0 Å². The molecule has 0 bridgehead atoms. The predicted molar refractivity (Wildman–Crippen MR) is 308 cm³/mol. The lowest BCUT2D eigenvalue weighted by Crippen LogP contribution is -2.10. The second-order valence-electron chi connectivity index (χ2n) is 20.5. The first-order valence-electron chi connectivity index (χ1n) is 25.6. The van der Waals surface area contributed by atoms with Crippen molar-refractivity contribution < 1.29 is 17.7 Å². The highest BCUT2D eigenvalue weighted by Crippen LogP contribution is 2.45. The molecular weight excluding hydrogens is 909 g/mol. The maximum absolute atomic E-state index is 6.88. The molecule has 6 heteroatoms. The topological polar surface area (TPSA) is 59.0 Å². The molecule has 0 unspecified atom stereocenters. The number of nitrogens with zero attached hydrogens (tertiary/aromatic N) is 2. The van der Waals surface area contributed by atoms with Crippen LogP contribution in [0.4, 0.5) is 34.1 Å². The second kappa shape index (κ2) is 16.1. The Morgan fingerprint density at radius 3 is 1.26 bits per heavy atom. The van der Waals surface area contributed by atoms with Crippen LogP contribution >= 0.6 is 0 Å². The van der Waals surface area contributed by atoms with Gasteiger partial charge < -0.3 is 27.5 Å². The fourth-order valence-electron chi connectivity index (χ4n) is 11.4. The Hall–Kier alpha value is -9.26. The van der Waals surface area contributed by atoms with Crippen molar-refractivity contribution in [2.75, 3.05) is 9.80 Å². The lowest BCUT2D eigenvalue weighted by molar-refractivity contribution is 0.666. The minimum absolute atomic E-state index is 0.434. The summed E-state index contributed by atoms with van der Waals surface area (Å²) in [7, 11) is 0. The highest BCUT2D eigenvalue weighted by molar-refractivity contribution is 6.20. The first-order valence-corrected chi connectivity index (χ1v) is 25.6. The van der Waals surface area contributed by atoms with E-state index in [1.807, 2.05) is 24.3 Å². The predicted octanol–water partition coefficient (Wildman–Crippen LogP) is 20.8. The van der Waals surface area contributed by atoms with Crippen LogP contribution in [-0.4, -0.2) is 0 Å². The van der Waals surface area contributed by atoms with E-state index in [1.165, 1.54) is 11.1 Å². The summed E-state index contributed by atoms with van der Waals surface area (Å²) in [4.78, 5) is 4.67. The highest BCUT2D eigenvalue weighted by atomic mass is 16.3. The van der Waals surface area contributed by atoms with E-state index < -0.39 is 0 Å². The third-order valence-electron chi connectivity index (χ3n) is 15.4. The maximum Gasteiger partial charge on any atom is 0.143 e. The summed E-state index contributed by atoms with van der Waals surface area (Å²) in [6.07, 6.45) is 0. The third-order valence-corrected chi connectivity index (χ3v) is 15.4. The van der Waals surface area contributed by atoms with Gasteiger partial charge >= 0.3 is 0 Å². The van der Waals surface area contributed by atoms with Crippen LogP contribution in [0.5, 0.6) is 0 Å². The summed E-state index contributed by atoms with van der Waals surface area (Å²) in [5.74, 6) is 0.868. The number of benzene rings is 11. The molecule has 6 nitrogen and oxygen atoms in total. The van der Waals surface area contributed by atoms with Gasteiger partial charge in [0.15, 0.2) is 0 Å². The van der Waals surface area contributed by atoms with Gasteiger partial charge in [-0.15, -0.1) is 0 Å². The molecule has 0 aliphatic carbocycles. The van der Waals surface area contributed by atoms with Crippen LogP contribution in [0.25, 0.3) is 109 Å². The number of anilines is 6. The number of hydrogen-bond acceptors (Lipinski definition) is 6. The van der Waals surface area contributed by atoms with Gasteiger partial charge in [0, 0.05) is 82.6 Å². The van der Waals surface area contributed by atoms with E-state index in [9.17, 15) is 0 Å². The summed E-state index contributed by atoms with van der Waals surface area (Å²) in [6, 6.07) is 73.9. The van der Waals surface area contributed by atoms with Gasteiger partial charge in [-0.25, -0.2) is 0 Å². The van der Waals surface area contributed by atoms with Gasteiger partial charge in [-0.1, -0.05) is 100 Å². The Kier molecular flexibility index (Phi) is 9.24. The fraction of sp³-hybridized carbons (Fsp3) is 0.0882. The van der Waals surface area contributed by atoms with Gasteiger partial charge in [0.25, 0.3) is 0 Å². The number of hydrogen-bond donors (Lipinski definition) is 0. The van der Waals surface area contributed by atoms with Gasteiger partial charge in [-0.05, 0) is 173 Å². The molecule has 0 N–H and O–H groups in total. The van der Waals surface area contributed by atoms with E-state index in [0.29, 0.717) is 11.8 Å². The number of fused-ring (bicyclic) bond motifs is 15. The molecule has 0 saturated heterocycles. The SMILES string of the molecule is CC(C)c1ccc(N(c2ccc3cc4c(cc3c2)oc2cc3c(cc24)oc2c4ccc(N(c5ccc(C(C)C)cc5)c5ccc6oc7ccccc7c6c5)cc4ccc32)c2ccc3oc4ccccc4c3c2)cc1. The van der Waals surface area contributed by atoms with Crippen molar-refractivity contribution in [2.24, 2.45) is 0 Å². The lowest BCUT2D eigenvalue weighted by atomic mass is 10.0. The zero-order valence-corrected chi connectivity index (χ0v) is 41.3. The molecule has 15 rings (SSSR count).